The monoisotopic (exact) mass is 416 g/mol. The summed E-state index contributed by atoms with van der Waals surface area (Å²) in [5.74, 6) is 1.25. The number of benzene rings is 1. The summed E-state index contributed by atoms with van der Waals surface area (Å²) < 4.78 is 0. The minimum Gasteiger partial charge on any atom is -0.355 e. The molecular weight excluding hydrogens is 388 g/mol. The molecule has 7 heteroatoms. The molecule has 0 atom stereocenters. The van der Waals surface area contributed by atoms with Gasteiger partial charge in [-0.2, -0.15) is 5.10 Å². The molecular formula is C24H28N6O. The Balaban J connectivity index is 1.20. The SMILES string of the molecule is O=C(c1cncc(N2CCC(c3cc(Cc4ccccc4)[nH]n3)CC2)n1)N1CCCC1. The number of carbonyl (C=O) groups is 1. The average Bonchev–Trinajstić information content (AvgIpc) is 3.52. The van der Waals surface area contributed by atoms with Crippen molar-refractivity contribution in [3.05, 3.63) is 71.4 Å². The van der Waals surface area contributed by atoms with Crippen molar-refractivity contribution in [3.63, 3.8) is 0 Å². The van der Waals surface area contributed by atoms with Gasteiger partial charge in [0, 0.05) is 44.2 Å². The van der Waals surface area contributed by atoms with E-state index < -0.39 is 0 Å². The van der Waals surface area contributed by atoms with Gasteiger partial charge < -0.3 is 9.80 Å². The van der Waals surface area contributed by atoms with Gasteiger partial charge >= 0.3 is 0 Å². The number of nitrogens with zero attached hydrogens (tertiary/aromatic N) is 5. The Bertz CT molecular complexity index is 1020. The molecule has 4 heterocycles. The molecule has 2 aliphatic heterocycles. The molecule has 7 nitrogen and oxygen atoms in total. The third-order valence-corrected chi connectivity index (χ3v) is 6.36. The molecule has 2 aliphatic rings. The van der Waals surface area contributed by atoms with Crippen LogP contribution in [-0.4, -0.2) is 57.2 Å². The Labute approximate surface area is 182 Å². The highest BCUT2D eigenvalue weighted by atomic mass is 16.2. The Morgan fingerprint density at radius 3 is 2.58 bits per heavy atom. The highest BCUT2D eigenvalue weighted by Gasteiger charge is 2.25. The van der Waals surface area contributed by atoms with E-state index in [1.807, 2.05) is 11.0 Å². The van der Waals surface area contributed by atoms with Crippen LogP contribution >= 0.6 is 0 Å². The number of likely N-dealkylation sites (tertiary alicyclic amines) is 1. The van der Waals surface area contributed by atoms with Gasteiger partial charge in [-0.05, 0) is 37.3 Å². The van der Waals surface area contributed by atoms with Crippen molar-refractivity contribution < 1.29 is 4.79 Å². The zero-order chi connectivity index (χ0) is 21.0. The van der Waals surface area contributed by atoms with E-state index in [0.29, 0.717) is 11.6 Å². The minimum absolute atomic E-state index is 0.00389. The standard InChI is InChI=1S/C24H28N6O/c31-24(30-10-4-5-11-30)22-16-25-17-23(26-22)29-12-8-19(9-13-29)21-15-20(27-28-21)14-18-6-2-1-3-7-18/h1-3,6-7,15-17,19H,4-5,8-14H2,(H,27,28). The van der Waals surface area contributed by atoms with Crippen molar-refractivity contribution in [2.24, 2.45) is 0 Å². The van der Waals surface area contributed by atoms with Crippen LogP contribution < -0.4 is 4.90 Å². The molecule has 31 heavy (non-hydrogen) atoms. The smallest absolute Gasteiger partial charge is 0.274 e. The van der Waals surface area contributed by atoms with Crippen molar-refractivity contribution in [2.75, 3.05) is 31.1 Å². The van der Waals surface area contributed by atoms with E-state index in [1.165, 1.54) is 5.56 Å². The largest absolute Gasteiger partial charge is 0.355 e. The Kier molecular flexibility index (Phi) is 5.65. The topological polar surface area (TPSA) is 78.0 Å². The predicted octanol–water partition coefficient (Wildman–Crippen LogP) is 3.41. The molecule has 0 bridgehead atoms. The van der Waals surface area contributed by atoms with Crippen LogP contribution in [0.25, 0.3) is 0 Å². The van der Waals surface area contributed by atoms with E-state index in [2.05, 4.69) is 55.4 Å². The molecule has 1 amide bonds. The summed E-state index contributed by atoms with van der Waals surface area (Å²) in [5.41, 5.74) is 4.05. The van der Waals surface area contributed by atoms with Crippen LogP contribution in [-0.2, 0) is 6.42 Å². The lowest BCUT2D eigenvalue weighted by molar-refractivity contribution is 0.0786. The van der Waals surface area contributed by atoms with E-state index in [9.17, 15) is 4.79 Å². The lowest BCUT2D eigenvalue weighted by atomic mass is 9.93. The lowest BCUT2D eigenvalue weighted by Crippen LogP contribution is -2.34. The van der Waals surface area contributed by atoms with Gasteiger partial charge in [-0.3, -0.25) is 14.9 Å². The van der Waals surface area contributed by atoms with Gasteiger partial charge in [-0.1, -0.05) is 30.3 Å². The summed E-state index contributed by atoms with van der Waals surface area (Å²) >= 11 is 0. The number of piperidine rings is 1. The number of H-pyrrole nitrogens is 1. The number of hydrogen-bond acceptors (Lipinski definition) is 5. The highest BCUT2D eigenvalue weighted by molar-refractivity contribution is 5.92. The van der Waals surface area contributed by atoms with Crippen molar-refractivity contribution in [1.29, 1.82) is 0 Å². The fourth-order valence-corrected chi connectivity index (χ4v) is 4.59. The third-order valence-electron chi connectivity index (χ3n) is 6.36. The molecule has 0 spiro atoms. The van der Waals surface area contributed by atoms with Gasteiger partial charge in [-0.25, -0.2) is 4.98 Å². The Morgan fingerprint density at radius 2 is 1.81 bits per heavy atom. The van der Waals surface area contributed by atoms with E-state index in [1.54, 1.807) is 12.4 Å². The molecule has 0 unspecified atom stereocenters. The molecule has 0 radical (unpaired) electrons. The van der Waals surface area contributed by atoms with E-state index in [4.69, 9.17) is 0 Å². The summed E-state index contributed by atoms with van der Waals surface area (Å²) in [6.45, 7) is 3.43. The average molecular weight is 417 g/mol. The lowest BCUT2D eigenvalue weighted by Gasteiger charge is -2.32. The van der Waals surface area contributed by atoms with Crippen molar-refractivity contribution in [1.82, 2.24) is 25.1 Å². The molecule has 160 valence electrons. The Hall–Kier alpha value is -3.22. The number of rotatable bonds is 5. The maximum absolute atomic E-state index is 12.6. The molecule has 0 saturated carbocycles. The number of anilines is 1. The number of aromatic nitrogens is 4. The zero-order valence-electron chi connectivity index (χ0n) is 17.7. The van der Waals surface area contributed by atoms with Gasteiger partial charge in [0.2, 0.25) is 0 Å². The first kappa shape index (κ1) is 19.7. The van der Waals surface area contributed by atoms with Crippen molar-refractivity contribution in [2.45, 2.75) is 38.0 Å². The Morgan fingerprint density at radius 1 is 1.03 bits per heavy atom. The maximum atomic E-state index is 12.6. The quantitative estimate of drug-likeness (QED) is 0.690. The summed E-state index contributed by atoms with van der Waals surface area (Å²) in [4.78, 5) is 25.7. The number of hydrogen-bond donors (Lipinski definition) is 1. The second-order valence-corrected chi connectivity index (χ2v) is 8.50. The molecule has 5 rings (SSSR count). The maximum Gasteiger partial charge on any atom is 0.274 e. The fraction of sp³-hybridized carbons (Fsp3) is 0.417. The van der Waals surface area contributed by atoms with Crippen molar-refractivity contribution in [3.8, 4) is 0 Å². The van der Waals surface area contributed by atoms with Crippen molar-refractivity contribution >= 4 is 11.7 Å². The molecule has 3 aromatic rings. The van der Waals surface area contributed by atoms with Gasteiger partial charge in [0.1, 0.15) is 11.5 Å². The van der Waals surface area contributed by atoms with Crippen LogP contribution in [0.4, 0.5) is 5.82 Å². The second-order valence-electron chi connectivity index (χ2n) is 8.50. The molecule has 2 fully saturated rings. The minimum atomic E-state index is 0.00389. The summed E-state index contributed by atoms with van der Waals surface area (Å²) in [7, 11) is 0. The predicted molar refractivity (Wildman–Crippen MR) is 119 cm³/mol. The van der Waals surface area contributed by atoms with Crippen LogP contribution in [0.3, 0.4) is 0 Å². The highest BCUT2D eigenvalue weighted by Crippen LogP contribution is 2.29. The zero-order valence-corrected chi connectivity index (χ0v) is 17.7. The first-order chi connectivity index (χ1) is 15.3. The van der Waals surface area contributed by atoms with Gasteiger partial charge in [0.15, 0.2) is 0 Å². The first-order valence-electron chi connectivity index (χ1n) is 11.2. The third kappa shape index (κ3) is 4.45. The van der Waals surface area contributed by atoms with E-state index in [-0.39, 0.29) is 5.91 Å². The van der Waals surface area contributed by atoms with Crippen LogP contribution in [0.2, 0.25) is 0 Å². The molecule has 0 aliphatic carbocycles. The first-order valence-corrected chi connectivity index (χ1v) is 11.2. The summed E-state index contributed by atoms with van der Waals surface area (Å²) in [6.07, 6.45) is 8.42. The van der Waals surface area contributed by atoms with Crippen LogP contribution in [0.1, 0.15) is 59.0 Å². The number of carbonyl (C=O) groups excluding carboxylic acids is 1. The van der Waals surface area contributed by atoms with Crippen LogP contribution in [0, 0.1) is 0 Å². The second kappa shape index (κ2) is 8.88. The van der Waals surface area contributed by atoms with E-state index in [0.717, 1.165) is 75.5 Å². The van der Waals surface area contributed by atoms with Gasteiger partial charge in [0.25, 0.3) is 5.91 Å². The van der Waals surface area contributed by atoms with Crippen LogP contribution in [0.5, 0.6) is 0 Å². The van der Waals surface area contributed by atoms with Gasteiger partial charge in [0.05, 0.1) is 18.1 Å². The molecule has 2 aromatic heterocycles. The fourth-order valence-electron chi connectivity index (χ4n) is 4.59. The number of nitrogens with one attached hydrogen (secondary N) is 1. The summed E-state index contributed by atoms with van der Waals surface area (Å²) in [6, 6.07) is 12.7. The molecule has 1 N–H and O–H groups in total. The van der Waals surface area contributed by atoms with E-state index >= 15 is 0 Å². The van der Waals surface area contributed by atoms with Gasteiger partial charge in [-0.15, -0.1) is 0 Å². The molecule has 1 aromatic carbocycles. The number of amides is 1. The summed E-state index contributed by atoms with van der Waals surface area (Å²) in [5, 5.41) is 7.81. The number of aromatic amines is 1. The molecule has 2 saturated heterocycles. The van der Waals surface area contributed by atoms with Crippen LogP contribution in [0.15, 0.2) is 48.8 Å². The normalized spacial score (nSPS) is 17.3.